The first-order chi connectivity index (χ1) is 8.54. The molecule has 0 bridgehead atoms. The largest absolute Gasteiger partial charge is 0.463 e. The van der Waals surface area contributed by atoms with Crippen molar-refractivity contribution in [1.82, 2.24) is 5.32 Å². The fraction of sp³-hybridized carbons (Fsp3) is 0.615. The van der Waals surface area contributed by atoms with Crippen molar-refractivity contribution in [3.63, 3.8) is 0 Å². The number of rotatable bonds is 3. The lowest BCUT2D eigenvalue weighted by Gasteiger charge is -2.35. The van der Waals surface area contributed by atoms with Gasteiger partial charge in [-0.15, -0.1) is 0 Å². The normalized spacial score (nSPS) is 30.6. The first kappa shape index (κ1) is 12.8. The third-order valence-corrected chi connectivity index (χ3v) is 3.93. The lowest BCUT2D eigenvalue weighted by molar-refractivity contribution is -0.143. The van der Waals surface area contributed by atoms with Gasteiger partial charge in [0.15, 0.2) is 0 Å². The van der Waals surface area contributed by atoms with Gasteiger partial charge in [-0.25, -0.2) is 4.79 Å². The number of carbonyl (C=O) groups is 3. The van der Waals surface area contributed by atoms with Crippen molar-refractivity contribution in [1.29, 1.82) is 0 Å². The summed E-state index contributed by atoms with van der Waals surface area (Å²) < 4.78 is 4.91. The maximum Gasteiger partial charge on any atom is 0.334 e. The van der Waals surface area contributed by atoms with Gasteiger partial charge in [0.1, 0.15) is 0 Å². The van der Waals surface area contributed by atoms with Gasteiger partial charge in [-0.05, 0) is 19.8 Å². The first-order valence-corrected chi connectivity index (χ1v) is 6.25. The Morgan fingerprint density at radius 3 is 2.89 bits per heavy atom. The van der Waals surface area contributed by atoms with E-state index in [0.717, 1.165) is 12.8 Å². The van der Waals surface area contributed by atoms with Gasteiger partial charge in [0.2, 0.25) is 11.8 Å². The van der Waals surface area contributed by atoms with E-state index in [1.807, 2.05) is 0 Å². The zero-order valence-corrected chi connectivity index (χ0v) is 10.5. The van der Waals surface area contributed by atoms with Crippen LogP contribution in [0.2, 0.25) is 0 Å². The molecule has 18 heavy (non-hydrogen) atoms. The molecule has 2 amide bonds. The van der Waals surface area contributed by atoms with Crippen molar-refractivity contribution < 1.29 is 19.1 Å². The maximum absolute atomic E-state index is 12.1. The smallest absolute Gasteiger partial charge is 0.334 e. The molecule has 0 spiro atoms. The lowest BCUT2D eigenvalue weighted by atomic mass is 9.64. The second kappa shape index (κ2) is 4.55. The van der Waals surface area contributed by atoms with E-state index in [2.05, 4.69) is 11.9 Å². The Hall–Kier alpha value is -1.65. The van der Waals surface area contributed by atoms with Crippen molar-refractivity contribution in [3.05, 3.63) is 12.2 Å². The van der Waals surface area contributed by atoms with Gasteiger partial charge < -0.3 is 4.74 Å². The topological polar surface area (TPSA) is 72.5 Å². The molecule has 5 nitrogen and oxygen atoms in total. The third kappa shape index (κ3) is 1.65. The summed E-state index contributed by atoms with van der Waals surface area (Å²) in [6.45, 7) is 5.65. The van der Waals surface area contributed by atoms with Gasteiger partial charge in [0.05, 0.1) is 17.9 Å². The molecule has 1 aliphatic carbocycles. The molecular formula is C13H17NO4. The van der Waals surface area contributed by atoms with Crippen LogP contribution in [0.25, 0.3) is 0 Å². The van der Waals surface area contributed by atoms with Crippen molar-refractivity contribution in [2.45, 2.75) is 32.6 Å². The van der Waals surface area contributed by atoms with Crippen molar-refractivity contribution in [2.24, 2.45) is 11.3 Å². The lowest BCUT2D eigenvalue weighted by Crippen LogP contribution is -2.41. The van der Waals surface area contributed by atoms with Crippen LogP contribution in [0.1, 0.15) is 32.6 Å². The Morgan fingerprint density at radius 2 is 2.22 bits per heavy atom. The number of hydrogen-bond donors (Lipinski definition) is 1. The van der Waals surface area contributed by atoms with Crippen LogP contribution in [0.4, 0.5) is 0 Å². The second-order valence-electron chi connectivity index (χ2n) is 4.79. The van der Waals surface area contributed by atoms with Gasteiger partial charge in [0, 0.05) is 5.57 Å². The quantitative estimate of drug-likeness (QED) is 0.460. The molecule has 1 aliphatic heterocycles. The van der Waals surface area contributed by atoms with Crippen LogP contribution in [0.5, 0.6) is 0 Å². The number of nitrogens with one attached hydrogen (secondary N) is 1. The molecule has 2 fully saturated rings. The van der Waals surface area contributed by atoms with E-state index < -0.39 is 23.2 Å². The van der Waals surface area contributed by atoms with Crippen LogP contribution < -0.4 is 5.32 Å². The van der Waals surface area contributed by atoms with Crippen molar-refractivity contribution in [3.8, 4) is 0 Å². The molecule has 5 heteroatoms. The first-order valence-electron chi connectivity index (χ1n) is 6.25. The van der Waals surface area contributed by atoms with Gasteiger partial charge in [-0.2, -0.15) is 0 Å². The molecule has 98 valence electrons. The summed E-state index contributed by atoms with van der Waals surface area (Å²) in [6, 6.07) is 0. The van der Waals surface area contributed by atoms with Crippen LogP contribution in [0.3, 0.4) is 0 Å². The highest BCUT2D eigenvalue weighted by Gasteiger charge is 2.59. The molecule has 0 radical (unpaired) electrons. The highest BCUT2D eigenvalue weighted by molar-refractivity contribution is 6.13. The number of fused-ring (bicyclic) bond motifs is 1. The molecule has 1 saturated heterocycles. The average molecular weight is 251 g/mol. The summed E-state index contributed by atoms with van der Waals surface area (Å²) in [5, 5.41) is 2.33. The maximum atomic E-state index is 12.1. The average Bonchev–Trinajstić information content (AvgIpc) is 2.62. The number of imide groups is 1. The number of esters is 1. The number of carbonyl (C=O) groups excluding carboxylic acids is 3. The monoisotopic (exact) mass is 251 g/mol. The molecule has 1 saturated carbocycles. The fourth-order valence-electron chi connectivity index (χ4n) is 3.01. The van der Waals surface area contributed by atoms with Gasteiger partial charge in [-0.1, -0.05) is 19.4 Å². The fourth-order valence-corrected chi connectivity index (χ4v) is 3.01. The molecule has 2 atom stereocenters. The second-order valence-corrected chi connectivity index (χ2v) is 4.79. The van der Waals surface area contributed by atoms with Crippen LogP contribution in [-0.4, -0.2) is 24.4 Å². The van der Waals surface area contributed by atoms with E-state index in [9.17, 15) is 14.4 Å². The predicted molar refractivity (Wildman–Crippen MR) is 63.3 cm³/mol. The molecule has 0 aromatic carbocycles. The predicted octanol–water partition coefficient (Wildman–Crippen LogP) is 0.939. The molecule has 0 aromatic heterocycles. The van der Waals surface area contributed by atoms with Gasteiger partial charge in [0.25, 0.3) is 0 Å². The summed E-state index contributed by atoms with van der Waals surface area (Å²) in [7, 11) is 0. The number of hydrogen-bond acceptors (Lipinski definition) is 4. The molecule has 1 N–H and O–H groups in total. The van der Waals surface area contributed by atoms with Gasteiger partial charge >= 0.3 is 5.97 Å². The van der Waals surface area contributed by atoms with E-state index in [0.29, 0.717) is 12.8 Å². The van der Waals surface area contributed by atoms with E-state index in [-0.39, 0.29) is 18.1 Å². The summed E-state index contributed by atoms with van der Waals surface area (Å²) in [5.41, 5.74) is -0.945. The standard InChI is InChI=1S/C13H17NO4/c1-3-18-11(16)8(2)13-7-5-4-6-9(13)10(15)14-12(13)17/h9H,2-7H2,1H3,(H,14,15,17). The Balaban J connectivity index is 2.36. The summed E-state index contributed by atoms with van der Waals surface area (Å²) >= 11 is 0. The third-order valence-electron chi connectivity index (χ3n) is 3.93. The number of ether oxygens (including phenoxy) is 1. The Morgan fingerprint density at radius 1 is 1.50 bits per heavy atom. The molecule has 2 aliphatic rings. The summed E-state index contributed by atoms with van der Waals surface area (Å²) in [4.78, 5) is 35.7. The van der Waals surface area contributed by atoms with Gasteiger partial charge in [-0.3, -0.25) is 14.9 Å². The minimum atomic E-state index is -1.07. The summed E-state index contributed by atoms with van der Waals surface area (Å²) in [6.07, 6.45) is 2.82. The molecule has 2 rings (SSSR count). The van der Waals surface area contributed by atoms with E-state index in [1.165, 1.54) is 0 Å². The Bertz CT molecular complexity index is 429. The van der Waals surface area contributed by atoms with E-state index >= 15 is 0 Å². The molecule has 1 heterocycles. The highest BCUT2D eigenvalue weighted by atomic mass is 16.5. The Labute approximate surface area is 106 Å². The molecular weight excluding hydrogens is 234 g/mol. The van der Waals surface area contributed by atoms with Crippen molar-refractivity contribution >= 4 is 17.8 Å². The Kier molecular flexibility index (Phi) is 3.24. The van der Waals surface area contributed by atoms with E-state index in [4.69, 9.17) is 4.74 Å². The highest BCUT2D eigenvalue weighted by Crippen LogP contribution is 2.49. The van der Waals surface area contributed by atoms with Crippen LogP contribution in [0, 0.1) is 11.3 Å². The van der Waals surface area contributed by atoms with Crippen molar-refractivity contribution in [2.75, 3.05) is 6.61 Å². The molecule has 2 unspecified atom stereocenters. The van der Waals surface area contributed by atoms with Crippen LogP contribution >= 0.6 is 0 Å². The zero-order valence-electron chi connectivity index (χ0n) is 10.5. The zero-order chi connectivity index (χ0) is 13.3. The summed E-state index contributed by atoms with van der Waals surface area (Å²) in [5.74, 6) is -1.72. The van der Waals surface area contributed by atoms with Crippen LogP contribution in [0.15, 0.2) is 12.2 Å². The van der Waals surface area contributed by atoms with Crippen LogP contribution in [-0.2, 0) is 19.1 Å². The minimum absolute atomic E-state index is 0.123. The SMILES string of the molecule is C=C(C(=O)OCC)C12CCCCC1C(=O)NC2=O. The number of amides is 2. The minimum Gasteiger partial charge on any atom is -0.463 e. The molecule has 0 aromatic rings. The van der Waals surface area contributed by atoms with E-state index in [1.54, 1.807) is 6.92 Å².